The summed E-state index contributed by atoms with van der Waals surface area (Å²) in [6.45, 7) is 4.28. The number of piperidine rings is 1. The van der Waals surface area contributed by atoms with Crippen LogP contribution in [0.25, 0.3) is 0 Å². The fourth-order valence-electron chi connectivity index (χ4n) is 4.38. The van der Waals surface area contributed by atoms with Crippen molar-refractivity contribution in [2.45, 2.75) is 25.3 Å². The minimum absolute atomic E-state index is 0.0198. The number of anilines is 1. The maximum absolute atomic E-state index is 13.2. The van der Waals surface area contributed by atoms with E-state index in [1.807, 2.05) is 42.3 Å². The van der Waals surface area contributed by atoms with Gasteiger partial charge in [0, 0.05) is 50.5 Å². The highest BCUT2D eigenvalue weighted by Crippen LogP contribution is 2.21. The van der Waals surface area contributed by atoms with Crippen molar-refractivity contribution in [1.29, 1.82) is 0 Å². The number of benzene rings is 2. The first-order chi connectivity index (χ1) is 14.6. The Hall–Kier alpha value is -2.86. The van der Waals surface area contributed by atoms with E-state index in [2.05, 4.69) is 34.5 Å². The van der Waals surface area contributed by atoms with E-state index in [1.54, 1.807) is 4.90 Å². The Labute approximate surface area is 178 Å². The van der Waals surface area contributed by atoms with Gasteiger partial charge in [0.2, 0.25) is 0 Å². The summed E-state index contributed by atoms with van der Waals surface area (Å²) < 4.78 is 0. The highest BCUT2D eigenvalue weighted by Gasteiger charge is 2.27. The van der Waals surface area contributed by atoms with E-state index < -0.39 is 0 Å². The Morgan fingerprint density at radius 3 is 2.73 bits per heavy atom. The fourth-order valence-corrected chi connectivity index (χ4v) is 4.38. The second-order valence-electron chi connectivity index (χ2n) is 8.18. The molecule has 30 heavy (non-hydrogen) atoms. The summed E-state index contributed by atoms with van der Waals surface area (Å²) >= 11 is 0. The monoisotopic (exact) mass is 406 g/mol. The van der Waals surface area contributed by atoms with E-state index in [0.29, 0.717) is 18.7 Å². The molecule has 6 heteroatoms. The number of hydrogen-bond donors (Lipinski definition) is 1. The van der Waals surface area contributed by atoms with Gasteiger partial charge in [-0.15, -0.1) is 0 Å². The molecule has 3 amide bonds. The lowest BCUT2D eigenvalue weighted by Crippen LogP contribution is -2.49. The Morgan fingerprint density at radius 2 is 1.97 bits per heavy atom. The first-order valence-corrected chi connectivity index (χ1v) is 10.8. The van der Waals surface area contributed by atoms with Gasteiger partial charge < -0.3 is 15.1 Å². The average molecular weight is 407 g/mol. The SMILES string of the molecule is CN(C(=O)c1cccc(N2CCNC2=O)c1)[C@H]1CCCN(CCc2ccccc2)C1. The second-order valence-corrected chi connectivity index (χ2v) is 8.18. The molecule has 1 atom stereocenters. The predicted octanol–water partition coefficient (Wildman–Crippen LogP) is 3.00. The predicted molar refractivity (Wildman–Crippen MR) is 119 cm³/mol. The molecular weight excluding hydrogens is 376 g/mol. The highest BCUT2D eigenvalue weighted by molar-refractivity contribution is 5.98. The van der Waals surface area contributed by atoms with Gasteiger partial charge in [0.1, 0.15) is 0 Å². The van der Waals surface area contributed by atoms with Crippen LogP contribution in [-0.4, -0.2) is 67.6 Å². The molecule has 0 aromatic heterocycles. The van der Waals surface area contributed by atoms with Gasteiger partial charge in [-0.05, 0) is 49.6 Å². The normalized spacial score (nSPS) is 19.6. The molecule has 2 fully saturated rings. The third-order valence-electron chi connectivity index (χ3n) is 6.17. The maximum atomic E-state index is 13.2. The summed E-state index contributed by atoms with van der Waals surface area (Å²) in [4.78, 5) is 31.2. The van der Waals surface area contributed by atoms with E-state index in [9.17, 15) is 9.59 Å². The molecule has 2 aliphatic rings. The maximum Gasteiger partial charge on any atom is 0.321 e. The van der Waals surface area contributed by atoms with Crippen LogP contribution >= 0.6 is 0 Å². The third kappa shape index (κ3) is 4.65. The lowest BCUT2D eigenvalue weighted by molar-refractivity contribution is 0.0619. The summed E-state index contributed by atoms with van der Waals surface area (Å²) in [5.41, 5.74) is 2.76. The molecule has 0 saturated carbocycles. The number of likely N-dealkylation sites (N-methyl/N-ethyl adjacent to an activating group) is 1. The Morgan fingerprint density at radius 1 is 1.13 bits per heavy atom. The van der Waals surface area contributed by atoms with Gasteiger partial charge in [-0.25, -0.2) is 4.79 Å². The van der Waals surface area contributed by atoms with Gasteiger partial charge in [-0.3, -0.25) is 9.69 Å². The Balaban J connectivity index is 1.38. The number of carbonyl (C=O) groups is 2. The molecular formula is C24H30N4O2. The number of rotatable bonds is 6. The number of nitrogens with one attached hydrogen (secondary N) is 1. The van der Waals surface area contributed by atoms with Crippen LogP contribution in [0.3, 0.4) is 0 Å². The van der Waals surface area contributed by atoms with Crippen LogP contribution in [0.2, 0.25) is 0 Å². The van der Waals surface area contributed by atoms with Crippen molar-refractivity contribution in [3.05, 3.63) is 65.7 Å². The quantitative estimate of drug-likeness (QED) is 0.802. The summed E-state index contributed by atoms with van der Waals surface area (Å²) in [6.07, 6.45) is 3.16. The molecule has 6 nitrogen and oxygen atoms in total. The van der Waals surface area contributed by atoms with Crippen LogP contribution in [0.5, 0.6) is 0 Å². The van der Waals surface area contributed by atoms with Gasteiger partial charge >= 0.3 is 6.03 Å². The summed E-state index contributed by atoms with van der Waals surface area (Å²) in [6, 6.07) is 18.1. The number of nitrogens with zero attached hydrogens (tertiary/aromatic N) is 3. The van der Waals surface area contributed by atoms with Crippen LogP contribution in [0.1, 0.15) is 28.8 Å². The lowest BCUT2D eigenvalue weighted by atomic mass is 10.0. The van der Waals surface area contributed by atoms with Crippen molar-refractivity contribution in [2.75, 3.05) is 44.7 Å². The van der Waals surface area contributed by atoms with Gasteiger partial charge in [-0.2, -0.15) is 0 Å². The molecule has 0 aliphatic carbocycles. The Bertz CT molecular complexity index is 886. The van der Waals surface area contributed by atoms with E-state index in [-0.39, 0.29) is 18.0 Å². The van der Waals surface area contributed by atoms with Crippen LogP contribution in [0.4, 0.5) is 10.5 Å². The smallest absolute Gasteiger partial charge is 0.321 e. The first kappa shape index (κ1) is 20.4. The topological polar surface area (TPSA) is 55.9 Å². The summed E-state index contributed by atoms with van der Waals surface area (Å²) in [5, 5.41) is 2.81. The molecule has 4 rings (SSSR count). The van der Waals surface area contributed by atoms with Gasteiger partial charge in [0.15, 0.2) is 0 Å². The number of likely N-dealkylation sites (tertiary alicyclic amines) is 1. The standard InChI is InChI=1S/C24H30N4O2/c1-26(22-11-6-14-27(18-22)15-12-19-7-3-2-4-8-19)23(29)20-9-5-10-21(17-20)28-16-13-25-24(28)30/h2-5,7-10,17,22H,6,11-16,18H2,1H3,(H,25,30)/t22-/m0/s1. The molecule has 0 radical (unpaired) electrons. The van der Waals surface area contributed by atoms with Crippen molar-refractivity contribution >= 4 is 17.6 Å². The summed E-state index contributed by atoms with van der Waals surface area (Å²) in [5.74, 6) is 0.0198. The van der Waals surface area contributed by atoms with Crippen molar-refractivity contribution in [1.82, 2.24) is 15.1 Å². The molecule has 2 heterocycles. The van der Waals surface area contributed by atoms with Crippen molar-refractivity contribution in [3.8, 4) is 0 Å². The minimum atomic E-state index is -0.103. The van der Waals surface area contributed by atoms with E-state index >= 15 is 0 Å². The Kier molecular flexibility index (Phi) is 6.33. The molecule has 0 unspecified atom stereocenters. The number of carbonyl (C=O) groups excluding carboxylic acids is 2. The van der Waals surface area contributed by atoms with Crippen LogP contribution in [0.15, 0.2) is 54.6 Å². The fraction of sp³-hybridized carbons (Fsp3) is 0.417. The zero-order valence-corrected chi connectivity index (χ0v) is 17.6. The van der Waals surface area contributed by atoms with Crippen LogP contribution in [0, 0.1) is 0 Å². The first-order valence-electron chi connectivity index (χ1n) is 10.8. The largest absolute Gasteiger partial charge is 0.337 e. The number of urea groups is 1. The summed E-state index contributed by atoms with van der Waals surface area (Å²) in [7, 11) is 1.91. The lowest BCUT2D eigenvalue weighted by Gasteiger charge is -2.37. The third-order valence-corrected chi connectivity index (χ3v) is 6.17. The molecule has 0 spiro atoms. The van der Waals surface area contributed by atoms with Crippen LogP contribution < -0.4 is 10.2 Å². The van der Waals surface area contributed by atoms with E-state index in [1.165, 1.54) is 5.56 Å². The van der Waals surface area contributed by atoms with Crippen molar-refractivity contribution < 1.29 is 9.59 Å². The van der Waals surface area contributed by atoms with Crippen molar-refractivity contribution in [3.63, 3.8) is 0 Å². The second kappa shape index (κ2) is 9.30. The van der Waals surface area contributed by atoms with E-state index in [0.717, 1.165) is 44.6 Å². The zero-order valence-electron chi connectivity index (χ0n) is 17.6. The average Bonchev–Trinajstić information content (AvgIpc) is 3.23. The molecule has 2 saturated heterocycles. The number of amides is 3. The van der Waals surface area contributed by atoms with Gasteiger partial charge in [0.25, 0.3) is 5.91 Å². The zero-order chi connectivity index (χ0) is 20.9. The molecule has 158 valence electrons. The van der Waals surface area contributed by atoms with Crippen LogP contribution in [-0.2, 0) is 6.42 Å². The minimum Gasteiger partial charge on any atom is -0.337 e. The van der Waals surface area contributed by atoms with Crippen molar-refractivity contribution in [2.24, 2.45) is 0 Å². The molecule has 1 N–H and O–H groups in total. The van der Waals surface area contributed by atoms with Gasteiger partial charge in [-0.1, -0.05) is 36.4 Å². The molecule has 2 aliphatic heterocycles. The van der Waals surface area contributed by atoms with Gasteiger partial charge in [0.05, 0.1) is 0 Å². The molecule has 2 aromatic rings. The highest BCUT2D eigenvalue weighted by atomic mass is 16.2. The number of hydrogen-bond acceptors (Lipinski definition) is 3. The van der Waals surface area contributed by atoms with E-state index in [4.69, 9.17) is 0 Å². The molecule has 0 bridgehead atoms. The molecule has 2 aromatic carbocycles.